The molecule has 3 rings (SSSR count). The summed E-state index contributed by atoms with van der Waals surface area (Å²) >= 11 is 0. The zero-order valence-electron chi connectivity index (χ0n) is 13.5. The molecule has 0 amide bonds. The Bertz CT molecular complexity index is 631. The summed E-state index contributed by atoms with van der Waals surface area (Å²) in [7, 11) is 2.03. The molecule has 2 aromatic rings. The number of aliphatic hydroxyl groups excluding tert-OH is 1. The Balaban J connectivity index is 1.64. The van der Waals surface area contributed by atoms with Crippen molar-refractivity contribution in [2.75, 3.05) is 38.6 Å². The molecule has 4 nitrogen and oxygen atoms in total. The van der Waals surface area contributed by atoms with Gasteiger partial charge in [0.1, 0.15) is 11.9 Å². The molecule has 0 aliphatic carbocycles. The molecule has 4 heteroatoms. The van der Waals surface area contributed by atoms with E-state index in [0.717, 1.165) is 30.9 Å². The molecule has 0 spiro atoms. The third-order valence-corrected chi connectivity index (χ3v) is 4.23. The Morgan fingerprint density at radius 2 is 2.00 bits per heavy atom. The molecule has 0 fully saturated rings. The molecule has 1 atom stereocenters. The first-order chi connectivity index (χ1) is 11.3. The van der Waals surface area contributed by atoms with E-state index >= 15 is 0 Å². The monoisotopic (exact) mass is 312 g/mol. The van der Waals surface area contributed by atoms with Crippen LogP contribution in [0.15, 0.2) is 48.5 Å². The van der Waals surface area contributed by atoms with Crippen molar-refractivity contribution >= 4 is 5.69 Å². The molecule has 23 heavy (non-hydrogen) atoms. The van der Waals surface area contributed by atoms with Crippen LogP contribution >= 0.6 is 0 Å². The first-order valence-electron chi connectivity index (χ1n) is 8.14. The predicted molar refractivity (Wildman–Crippen MR) is 93.0 cm³/mol. The number of nitrogens with zero attached hydrogens (tertiary/aromatic N) is 1. The molecule has 0 bridgehead atoms. The number of aliphatic hydroxyl groups is 1. The van der Waals surface area contributed by atoms with E-state index in [9.17, 15) is 0 Å². The lowest BCUT2D eigenvalue weighted by molar-refractivity contribution is 0.210. The van der Waals surface area contributed by atoms with Gasteiger partial charge in [0.15, 0.2) is 0 Å². The lowest BCUT2D eigenvalue weighted by Crippen LogP contribution is -2.25. The summed E-state index contributed by atoms with van der Waals surface area (Å²) in [6, 6.07) is 16.7. The molecule has 1 aliphatic heterocycles. The number of anilines is 1. The van der Waals surface area contributed by atoms with Crippen LogP contribution in [0.4, 0.5) is 5.69 Å². The van der Waals surface area contributed by atoms with Crippen molar-refractivity contribution in [1.82, 2.24) is 4.90 Å². The standard InChI is InChI=1S/C19H24N2O2/c1-21(11-12-22)10-9-15-7-8-18-17(13-15)20-14-19(23-18)16-5-3-2-4-6-16/h2-8,13,19-20,22H,9-12,14H2,1H3. The van der Waals surface area contributed by atoms with E-state index < -0.39 is 0 Å². The molecular weight excluding hydrogens is 288 g/mol. The van der Waals surface area contributed by atoms with Gasteiger partial charge >= 0.3 is 0 Å². The van der Waals surface area contributed by atoms with Crippen molar-refractivity contribution in [2.45, 2.75) is 12.5 Å². The minimum Gasteiger partial charge on any atom is -0.482 e. The van der Waals surface area contributed by atoms with Crippen LogP contribution in [0.25, 0.3) is 0 Å². The molecule has 1 unspecified atom stereocenters. The molecule has 2 aromatic carbocycles. The van der Waals surface area contributed by atoms with E-state index in [2.05, 4.69) is 40.5 Å². The fraction of sp³-hybridized carbons (Fsp3) is 0.368. The first kappa shape index (κ1) is 15.8. The Kier molecular flexibility index (Phi) is 5.16. The zero-order valence-corrected chi connectivity index (χ0v) is 13.5. The maximum atomic E-state index is 8.94. The number of ether oxygens (including phenoxy) is 1. The molecule has 0 saturated carbocycles. The van der Waals surface area contributed by atoms with E-state index in [1.807, 2.05) is 25.2 Å². The van der Waals surface area contributed by atoms with Crippen LogP contribution in [0.3, 0.4) is 0 Å². The zero-order chi connectivity index (χ0) is 16.1. The second kappa shape index (κ2) is 7.49. The number of hydrogen-bond donors (Lipinski definition) is 2. The second-order valence-electron chi connectivity index (χ2n) is 6.01. The maximum absolute atomic E-state index is 8.94. The van der Waals surface area contributed by atoms with Gasteiger partial charge in [-0.15, -0.1) is 0 Å². The van der Waals surface area contributed by atoms with Crippen LogP contribution in [0.5, 0.6) is 5.75 Å². The highest BCUT2D eigenvalue weighted by Crippen LogP contribution is 2.34. The average Bonchev–Trinajstić information content (AvgIpc) is 2.60. The van der Waals surface area contributed by atoms with Gasteiger partial charge in [-0.05, 0) is 36.7 Å². The van der Waals surface area contributed by atoms with Gasteiger partial charge in [-0.3, -0.25) is 0 Å². The number of fused-ring (bicyclic) bond motifs is 1. The molecule has 1 aliphatic rings. The van der Waals surface area contributed by atoms with Crippen molar-refractivity contribution in [2.24, 2.45) is 0 Å². The van der Waals surface area contributed by atoms with Gasteiger partial charge in [-0.25, -0.2) is 0 Å². The van der Waals surface area contributed by atoms with Crippen molar-refractivity contribution in [3.63, 3.8) is 0 Å². The Morgan fingerprint density at radius 1 is 1.17 bits per heavy atom. The van der Waals surface area contributed by atoms with Crippen LogP contribution in [-0.2, 0) is 6.42 Å². The third-order valence-electron chi connectivity index (χ3n) is 4.23. The van der Waals surface area contributed by atoms with E-state index in [4.69, 9.17) is 9.84 Å². The Hall–Kier alpha value is -2.04. The van der Waals surface area contributed by atoms with Crippen LogP contribution in [-0.4, -0.2) is 43.3 Å². The van der Waals surface area contributed by atoms with Gasteiger partial charge in [0, 0.05) is 13.1 Å². The smallest absolute Gasteiger partial charge is 0.143 e. The van der Waals surface area contributed by atoms with Crippen molar-refractivity contribution in [1.29, 1.82) is 0 Å². The summed E-state index contributed by atoms with van der Waals surface area (Å²) in [6.45, 7) is 2.64. The SMILES string of the molecule is CN(CCO)CCc1ccc2c(c1)NCC(c1ccccc1)O2. The summed E-state index contributed by atoms with van der Waals surface area (Å²) < 4.78 is 6.13. The van der Waals surface area contributed by atoms with Crippen molar-refractivity contribution in [3.8, 4) is 5.75 Å². The Labute approximate surface area is 137 Å². The van der Waals surface area contributed by atoms with Crippen LogP contribution < -0.4 is 10.1 Å². The highest BCUT2D eigenvalue weighted by atomic mass is 16.5. The summed E-state index contributed by atoms with van der Waals surface area (Å²) in [5.74, 6) is 0.914. The van der Waals surface area contributed by atoms with Crippen molar-refractivity contribution < 1.29 is 9.84 Å². The maximum Gasteiger partial charge on any atom is 0.143 e. The fourth-order valence-electron chi connectivity index (χ4n) is 2.83. The summed E-state index contributed by atoms with van der Waals surface area (Å²) in [5.41, 5.74) is 3.54. The highest BCUT2D eigenvalue weighted by molar-refractivity contribution is 5.60. The molecule has 2 N–H and O–H groups in total. The molecule has 0 saturated heterocycles. The van der Waals surface area contributed by atoms with Gasteiger partial charge in [0.05, 0.1) is 18.8 Å². The van der Waals surface area contributed by atoms with Gasteiger partial charge in [0.2, 0.25) is 0 Å². The normalized spacial score (nSPS) is 16.6. The first-order valence-corrected chi connectivity index (χ1v) is 8.14. The van der Waals surface area contributed by atoms with Crippen LogP contribution in [0, 0.1) is 0 Å². The number of likely N-dealkylation sites (N-methyl/N-ethyl adjacent to an activating group) is 1. The highest BCUT2D eigenvalue weighted by Gasteiger charge is 2.20. The molecule has 1 heterocycles. The second-order valence-corrected chi connectivity index (χ2v) is 6.01. The average molecular weight is 312 g/mol. The number of benzene rings is 2. The summed E-state index contributed by atoms with van der Waals surface area (Å²) in [5, 5.41) is 12.4. The number of rotatable bonds is 6. The molecule has 0 aromatic heterocycles. The summed E-state index contributed by atoms with van der Waals surface area (Å²) in [4.78, 5) is 2.13. The minimum atomic E-state index is 0.0604. The van der Waals surface area contributed by atoms with Gasteiger partial charge in [-0.2, -0.15) is 0 Å². The minimum absolute atomic E-state index is 0.0604. The lowest BCUT2D eigenvalue weighted by Gasteiger charge is -2.28. The summed E-state index contributed by atoms with van der Waals surface area (Å²) in [6.07, 6.45) is 1.03. The van der Waals surface area contributed by atoms with E-state index in [1.54, 1.807) is 0 Å². The van der Waals surface area contributed by atoms with Crippen LogP contribution in [0.2, 0.25) is 0 Å². The largest absolute Gasteiger partial charge is 0.482 e. The van der Waals surface area contributed by atoms with E-state index in [-0.39, 0.29) is 12.7 Å². The topological polar surface area (TPSA) is 44.7 Å². The van der Waals surface area contributed by atoms with Gasteiger partial charge < -0.3 is 20.1 Å². The Morgan fingerprint density at radius 3 is 2.78 bits per heavy atom. The third kappa shape index (κ3) is 4.03. The quantitative estimate of drug-likeness (QED) is 0.861. The van der Waals surface area contributed by atoms with Crippen molar-refractivity contribution in [3.05, 3.63) is 59.7 Å². The van der Waals surface area contributed by atoms with Gasteiger partial charge in [-0.1, -0.05) is 36.4 Å². The number of hydrogen-bond acceptors (Lipinski definition) is 4. The predicted octanol–water partition coefficient (Wildman–Crippen LogP) is 2.70. The number of nitrogens with one attached hydrogen (secondary N) is 1. The van der Waals surface area contributed by atoms with E-state index in [1.165, 1.54) is 11.1 Å². The lowest BCUT2D eigenvalue weighted by atomic mass is 10.1. The molecule has 0 radical (unpaired) electrons. The fourth-order valence-corrected chi connectivity index (χ4v) is 2.83. The van der Waals surface area contributed by atoms with E-state index in [0.29, 0.717) is 6.54 Å². The molecular formula is C19H24N2O2. The van der Waals surface area contributed by atoms with Crippen LogP contribution in [0.1, 0.15) is 17.2 Å². The van der Waals surface area contributed by atoms with Gasteiger partial charge in [0.25, 0.3) is 0 Å². The molecule has 122 valence electrons.